The van der Waals surface area contributed by atoms with Crippen LogP contribution in [0.25, 0.3) is 0 Å². The van der Waals surface area contributed by atoms with Gasteiger partial charge in [-0.3, -0.25) is 9.59 Å². The molecule has 0 saturated heterocycles. The van der Waals surface area contributed by atoms with Crippen molar-refractivity contribution in [2.75, 3.05) is 29.1 Å². The van der Waals surface area contributed by atoms with Gasteiger partial charge in [-0.2, -0.15) is 0 Å². The summed E-state index contributed by atoms with van der Waals surface area (Å²) in [6, 6.07) is 11.2. The van der Waals surface area contributed by atoms with Crippen molar-refractivity contribution < 1.29 is 14.0 Å². The number of para-hydroxylation sites is 1. The Morgan fingerprint density at radius 3 is 2.93 bits per heavy atom. The zero-order valence-corrected chi connectivity index (χ0v) is 16.3. The van der Waals surface area contributed by atoms with Gasteiger partial charge >= 0.3 is 0 Å². The van der Waals surface area contributed by atoms with Crippen molar-refractivity contribution in [1.82, 2.24) is 5.32 Å². The van der Waals surface area contributed by atoms with Gasteiger partial charge < -0.3 is 15.5 Å². The Hall–Kier alpha value is -2.38. The Kier molecular flexibility index (Phi) is 5.64. The highest BCUT2D eigenvalue weighted by molar-refractivity contribution is 7.99. The lowest BCUT2D eigenvalue weighted by Gasteiger charge is -2.29. The van der Waals surface area contributed by atoms with Crippen LogP contribution in [0, 0.1) is 5.82 Å². The number of amides is 2. The molecule has 0 fully saturated rings. The smallest absolute Gasteiger partial charge is 0.227 e. The van der Waals surface area contributed by atoms with Crippen LogP contribution in [0.3, 0.4) is 0 Å². The normalized spacial score (nSPS) is 15.5. The molecule has 0 atom stereocenters. The molecule has 2 amide bonds. The molecule has 0 bridgehead atoms. The Morgan fingerprint density at radius 1 is 1.18 bits per heavy atom. The Labute approximate surface area is 167 Å². The van der Waals surface area contributed by atoms with Crippen LogP contribution < -0.4 is 15.5 Å². The van der Waals surface area contributed by atoms with Crippen molar-refractivity contribution >= 4 is 35.0 Å². The van der Waals surface area contributed by atoms with Gasteiger partial charge in [0.2, 0.25) is 11.8 Å². The molecule has 2 aliphatic heterocycles. The van der Waals surface area contributed by atoms with Crippen LogP contribution in [0.1, 0.15) is 24.0 Å². The number of nitrogens with zero attached hydrogens (tertiary/aromatic N) is 1. The zero-order chi connectivity index (χ0) is 19.5. The van der Waals surface area contributed by atoms with Crippen molar-refractivity contribution in [3.8, 4) is 0 Å². The van der Waals surface area contributed by atoms with Gasteiger partial charge in [0.1, 0.15) is 5.82 Å². The van der Waals surface area contributed by atoms with E-state index in [1.807, 2.05) is 30.3 Å². The number of thioether (sulfide) groups is 1. The molecular formula is C21H22FN3O2S. The van der Waals surface area contributed by atoms with E-state index in [-0.39, 0.29) is 36.2 Å². The van der Waals surface area contributed by atoms with Crippen LogP contribution in [-0.4, -0.2) is 30.7 Å². The lowest BCUT2D eigenvalue weighted by molar-refractivity contribution is -0.122. The fraction of sp³-hybridized carbons (Fsp3) is 0.333. The van der Waals surface area contributed by atoms with Crippen LogP contribution in [0.15, 0.2) is 41.3 Å². The lowest BCUT2D eigenvalue weighted by Crippen LogP contribution is -2.35. The third-order valence-electron chi connectivity index (χ3n) is 5.08. The number of anilines is 2. The van der Waals surface area contributed by atoms with Crippen molar-refractivity contribution in [2.24, 2.45) is 0 Å². The van der Waals surface area contributed by atoms with Crippen molar-refractivity contribution in [3.05, 3.63) is 53.3 Å². The highest BCUT2D eigenvalue weighted by Crippen LogP contribution is 2.34. The van der Waals surface area contributed by atoms with Gasteiger partial charge in [-0.15, -0.1) is 11.8 Å². The molecule has 0 unspecified atom stereocenters. The average Bonchev–Trinajstić information content (AvgIpc) is 2.74. The molecule has 2 heterocycles. The van der Waals surface area contributed by atoms with E-state index in [1.54, 1.807) is 22.7 Å². The third-order valence-corrected chi connectivity index (χ3v) is 6.12. The molecule has 28 heavy (non-hydrogen) atoms. The molecule has 2 N–H and O–H groups in total. The zero-order valence-electron chi connectivity index (χ0n) is 15.5. The van der Waals surface area contributed by atoms with Crippen LogP contribution in [0.2, 0.25) is 0 Å². The number of hydrogen-bond acceptors (Lipinski definition) is 4. The molecule has 0 aromatic heterocycles. The predicted molar refractivity (Wildman–Crippen MR) is 109 cm³/mol. The molecule has 2 aliphatic rings. The molecule has 4 rings (SSSR count). The van der Waals surface area contributed by atoms with Gasteiger partial charge in [0.05, 0.1) is 11.4 Å². The van der Waals surface area contributed by atoms with Crippen LogP contribution in [-0.2, 0) is 22.6 Å². The molecule has 0 saturated carbocycles. The quantitative estimate of drug-likeness (QED) is 0.828. The standard InChI is InChI=1S/C21H22FN3O2S/c22-21-15-9-10-23-13-14(15)5-6-16(21)24-19(26)7-8-20(27)25-11-12-28-18-4-2-1-3-17(18)25/h1-6,23H,7-13H2,(H,24,26). The minimum Gasteiger partial charge on any atom is -0.324 e. The third kappa shape index (κ3) is 3.91. The maximum absolute atomic E-state index is 14.6. The summed E-state index contributed by atoms with van der Waals surface area (Å²) in [4.78, 5) is 27.8. The summed E-state index contributed by atoms with van der Waals surface area (Å²) in [5, 5.41) is 5.83. The van der Waals surface area contributed by atoms with Gasteiger partial charge in [0.15, 0.2) is 0 Å². The Balaban J connectivity index is 1.37. The van der Waals surface area contributed by atoms with Crippen molar-refractivity contribution in [1.29, 1.82) is 0 Å². The summed E-state index contributed by atoms with van der Waals surface area (Å²) in [5.74, 6) is 0.0470. The monoisotopic (exact) mass is 399 g/mol. The van der Waals surface area contributed by atoms with Gasteiger partial charge in [0.25, 0.3) is 0 Å². The number of nitrogens with one attached hydrogen (secondary N) is 2. The highest BCUT2D eigenvalue weighted by atomic mass is 32.2. The number of benzene rings is 2. The molecule has 5 nitrogen and oxygen atoms in total. The predicted octanol–water partition coefficient (Wildman–Crippen LogP) is 3.33. The van der Waals surface area contributed by atoms with Crippen LogP contribution in [0.5, 0.6) is 0 Å². The van der Waals surface area contributed by atoms with Gasteiger partial charge in [-0.05, 0) is 42.3 Å². The van der Waals surface area contributed by atoms with Crippen molar-refractivity contribution in [3.63, 3.8) is 0 Å². The van der Waals surface area contributed by atoms with E-state index < -0.39 is 0 Å². The largest absolute Gasteiger partial charge is 0.324 e. The lowest BCUT2D eigenvalue weighted by atomic mass is 9.99. The molecular weight excluding hydrogens is 377 g/mol. The summed E-state index contributed by atoms with van der Waals surface area (Å²) in [5.41, 5.74) is 2.69. The van der Waals surface area contributed by atoms with Gasteiger partial charge in [-0.25, -0.2) is 4.39 Å². The topological polar surface area (TPSA) is 61.4 Å². The average molecular weight is 399 g/mol. The van der Waals surface area contributed by atoms with Crippen molar-refractivity contribution in [2.45, 2.75) is 30.7 Å². The molecule has 0 spiro atoms. The summed E-state index contributed by atoms with van der Waals surface area (Å²) in [6.07, 6.45) is 0.736. The fourth-order valence-corrected chi connectivity index (χ4v) is 4.62. The van der Waals surface area contributed by atoms with E-state index in [9.17, 15) is 14.0 Å². The van der Waals surface area contributed by atoms with E-state index >= 15 is 0 Å². The number of carbonyl (C=O) groups is 2. The van der Waals surface area contributed by atoms with E-state index in [1.165, 1.54) is 0 Å². The first-order valence-corrected chi connectivity index (χ1v) is 10.4. The summed E-state index contributed by atoms with van der Waals surface area (Å²) in [6.45, 7) is 2.01. The summed E-state index contributed by atoms with van der Waals surface area (Å²) < 4.78 is 14.6. The molecule has 146 valence electrons. The minimum absolute atomic E-state index is 0.0305. The molecule has 7 heteroatoms. The highest BCUT2D eigenvalue weighted by Gasteiger charge is 2.23. The molecule has 2 aromatic carbocycles. The van der Waals surface area contributed by atoms with E-state index in [0.29, 0.717) is 25.1 Å². The number of halogens is 1. The van der Waals surface area contributed by atoms with Crippen LogP contribution in [0.4, 0.5) is 15.8 Å². The first kappa shape index (κ1) is 19.0. The van der Waals surface area contributed by atoms with Crippen LogP contribution >= 0.6 is 11.8 Å². The van der Waals surface area contributed by atoms with Gasteiger partial charge in [-0.1, -0.05) is 18.2 Å². The molecule has 0 aliphatic carbocycles. The minimum atomic E-state index is -0.361. The van der Waals surface area contributed by atoms with E-state index in [4.69, 9.17) is 0 Å². The Bertz CT molecular complexity index is 919. The summed E-state index contributed by atoms with van der Waals surface area (Å²) >= 11 is 1.73. The fourth-order valence-electron chi connectivity index (χ4n) is 3.63. The second-order valence-corrected chi connectivity index (χ2v) is 8.04. The second-order valence-electron chi connectivity index (χ2n) is 6.90. The first-order valence-electron chi connectivity index (χ1n) is 9.46. The number of hydrogen-bond donors (Lipinski definition) is 2. The number of rotatable bonds is 4. The maximum atomic E-state index is 14.6. The maximum Gasteiger partial charge on any atom is 0.227 e. The first-order chi connectivity index (χ1) is 13.6. The molecule has 2 aromatic rings. The summed E-state index contributed by atoms with van der Waals surface area (Å²) in [7, 11) is 0. The second kappa shape index (κ2) is 8.32. The van der Waals surface area contributed by atoms with Gasteiger partial charge in [0, 0.05) is 36.6 Å². The number of carbonyl (C=O) groups excluding carboxylic acids is 2. The Morgan fingerprint density at radius 2 is 2.04 bits per heavy atom. The molecule has 0 radical (unpaired) electrons. The SMILES string of the molecule is O=C(CCC(=O)N1CCSc2ccccc21)Nc1ccc2c(c1F)CCNC2. The van der Waals surface area contributed by atoms with E-state index in [2.05, 4.69) is 10.6 Å². The number of fused-ring (bicyclic) bond motifs is 2. The van der Waals surface area contributed by atoms with E-state index in [0.717, 1.165) is 28.4 Å².